The third-order valence-corrected chi connectivity index (χ3v) is 3.59. The molecule has 0 amide bonds. The number of piperidine rings is 1. The summed E-state index contributed by atoms with van der Waals surface area (Å²) < 4.78 is 42.0. The number of alkyl halides is 3. The number of aromatic nitrogens is 1. The van der Waals surface area contributed by atoms with Gasteiger partial charge in [0.2, 0.25) is 5.88 Å². The van der Waals surface area contributed by atoms with Crippen molar-refractivity contribution in [2.45, 2.75) is 31.6 Å². The van der Waals surface area contributed by atoms with Crippen LogP contribution >= 0.6 is 0 Å². The van der Waals surface area contributed by atoms with Crippen LogP contribution in [0.3, 0.4) is 0 Å². The highest BCUT2D eigenvalue weighted by Crippen LogP contribution is 2.20. The van der Waals surface area contributed by atoms with Gasteiger partial charge >= 0.3 is 6.18 Å². The van der Waals surface area contributed by atoms with Gasteiger partial charge in [0.1, 0.15) is 0 Å². The minimum atomic E-state index is -4.10. The molecule has 1 saturated heterocycles. The molecule has 0 aliphatic carbocycles. The molecule has 1 aromatic heterocycles. The smallest absolute Gasteiger partial charge is 0.401 e. The largest absolute Gasteiger partial charge is 0.481 e. The Kier molecular flexibility index (Phi) is 5.41. The number of hydrogen-bond acceptors (Lipinski definition) is 4. The number of methoxy groups -OCH3 is 1. The monoisotopic (exact) mass is 303 g/mol. The van der Waals surface area contributed by atoms with Crippen LogP contribution in [0.4, 0.5) is 13.2 Å². The van der Waals surface area contributed by atoms with Crippen LogP contribution < -0.4 is 10.1 Å². The van der Waals surface area contributed by atoms with Gasteiger partial charge < -0.3 is 10.1 Å². The van der Waals surface area contributed by atoms with Crippen molar-refractivity contribution in [3.8, 4) is 5.88 Å². The number of nitrogens with zero attached hydrogens (tertiary/aromatic N) is 2. The third kappa shape index (κ3) is 5.51. The molecule has 1 N–H and O–H groups in total. The average Bonchev–Trinajstić information content (AvgIpc) is 2.45. The summed E-state index contributed by atoms with van der Waals surface area (Å²) in [5.41, 5.74) is 1.06. The zero-order chi connectivity index (χ0) is 15.3. The molecule has 7 heteroatoms. The van der Waals surface area contributed by atoms with Gasteiger partial charge in [-0.2, -0.15) is 13.2 Å². The SMILES string of the molecule is COc1cc(CNC2CCN(CC(F)(F)F)CC2)ccn1. The van der Waals surface area contributed by atoms with E-state index < -0.39 is 12.7 Å². The van der Waals surface area contributed by atoms with Crippen LogP contribution in [0.2, 0.25) is 0 Å². The number of ether oxygens (including phenoxy) is 1. The number of rotatable bonds is 5. The van der Waals surface area contributed by atoms with Crippen molar-refractivity contribution in [1.29, 1.82) is 0 Å². The maximum Gasteiger partial charge on any atom is 0.401 e. The molecule has 0 aromatic carbocycles. The molecule has 0 spiro atoms. The second-order valence-electron chi connectivity index (χ2n) is 5.25. The molecule has 1 aromatic rings. The topological polar surface area (TPSA) is 37.4 Å². The fourth-order valence-corrected chi connectivity index (χ4v) is 2.48. The summed E-state index contributed by atoms with van der Waals surface area (Å²) in [7, 11) is 1.57. The van der Waals surface area contributed by atoms with E-state index in [2.05, 4.69) is 10.3 Å². The predicted octanol–water partition coefficient (Wildman–Crippen LogP) is 2.21. The molecule has 0 radical (unpaired) electrons. The molecular weight excluding hydrogens is 283 g/mol. The molecule has 21 heavy (non-hydrogen) atoms. The van der Waals surface area contributed by atoms with E-state index in [4.69, 9.17) is 4.74 Å². The Morgan fingerprint density at radius 2 is 2.10 bits per heavy atom. The van der Waals surface area contributed by atoms with Crippen LogP contribution in [-0.4, -0.2) is 48.8 Å². The zero-order valence-corrected chi connectivity index (χ0v) is 12.0. The Morgan fingerprint density at radius 3 is 2.71 bits per heavy atom. The Bertz CT molecular complexity index is 445. The van der Waals surface area contributed by atoms with Gasteiger partial charge in [0.05, 0.1) is 13.7 Å². The second kappa shape index (κ2) is 7.09. The van der Waals surface area contributed by atoms with E-state index in [0.29, 0.717) is 25.5 Å². The number of likely N-dealkylation sites (tertiary alicyclic amines) is 1. The summed E-state index contributed by atoms with van der Waals surface area (Å²) in [6.45, 7) is 0.831. The van der Waals surface area contributed by atoms with Crippen molar-refractivity contribution in [1.82, 2.24) is 15.2 Å². The Morgan fingerprint density at radius 1 is 1.38 bits per heavy atom. The van der Waals surface area contributed by atoms with Crippen molar-refractivity contribution in [3.05, 3.63) is 23.9 Å². The van der Waals surface area contributed by atoms with E-state index in [-0.39, 0.29) is 6.04 Å². The van der Waals surface area contributed by atoms with E-state index in [1.807, 2.05) is 12.1 Å². The molecule has 4 nitrogen and oxygen atoms in total. The summed E-state index contributed by atoms with van der Waals surface area (Å²) in [5, 5.41) is 3.38. The van der Waals surface area contributed by atoms with Crippen LogP contribution in [0.5, 0.6) is 5.88 Å². The lowest BCUT2D eigenvalue weighted by Gasteiger charge is -2.32. The fourth-order valence-electron chi connectivity index (χ4n) is 2.48. The van der Waals surface area contributed by atoms with Gasteiger partial charge in [-0.1, -0.05) is 0 Å². The van der Waals surface area contributed by atoms with Crippen molar-refractivity contribution in [3.63, 3.8) is 0 Å². The molecule has 2 rings (SSSR count). The van der Waals surface area contributed by atoms with E-state index in [1.165, 1.54) is 4.90 Å². The first kappa shape index (κ1) is 16.0. The summed E-state index contributed by atoms with van der Waals surface area (Å²) in [6, 6.07) is 4.01. The Labute approximate surface area is 122 Å². The molecule has 1 aliphatic heterocycles. The van der Waals surface area contributed by atoms with Crippen molar-refractivity contribution in [2.75, 3.05) is 26.7 Å². The minimum absolute atomic E-state index is 0.258. The van der Waals surface area contributed by atoms with Gasteiger partial charge in [-0.3, -0.25) is 4.90 Å². The first-order chi connectivity index (χ1) is 9.96. The molecule has 1 aliphatic rings. The maximum absolute atomic E-state index is 12.3. The summed E-state index contributed by atoms with van der Waals surface area (Å²) in [5.74, 6) is 0.564. The van der Waals surface area contributed by atoms with Gasteiger partial charge in [-0.05, 0) is 37.6 Å². The van der Waals surface area contributed by atoms with Gasteiger partial charge in [0.15, 0.2) is 0 Å². The molecule has 118 valence electrons. The van der Waals surface area contributed by atoms with E-state index in [0.717, 1.165) is 18.4 Å². The van der Waals surface area contributed by atoms with Crippen LogP contribution in [0.25, 0.3) is 0 Å². The number of hydrogen-bond donors (Lipinski definition) is 1. The van der Waals surface area contributed by atoms with E-state index in [9.17, 15) is 13.2 Å². The molecule has 1 fully saturated rings. The number of pyridine rings is 1. The summed E-state index contributed by atoms with van der Waals surface area (Å²) in [4.78, 5) is 5.50. The molecule has 0 unspecified atom stereocenters. The third-order valence-electron chi connectivity index (χ3n) is 3.59. The predicted molar refractivity (Wildman–Crippen MR) is 73.1 cm³/mol. The molecule has 0 saturated carbocycles. The normalized spacial score (nSPS) is 17.9. The van der Waals surface area contributed by atoms with Gasteiger partial charge in [-0.15, -0.1) is 0 Å². The Hall–Kier alpha value is -1.34. The Balaban J connectivity index is 1.73. The molecule has 0 bridgehead atoms. The molecular formula is C14H20F3N3O. The number of halogens is 3. The van der Waals surface area contributed by atoms with Gasteiger partial charge in [0, 0.05) is 24.8 Å². The second-order valence-corrected chi connectivity index (χ2v) is 5.25. The minimum Gasteiger partial charge on any atom is -0.481 e. The maximum atomic E-state index is 12.3. The quantitative estimate of drug-likeness (QED) is 0.905. The van der Waals surface area contributed by atoms with Crippen molar-refractivity contribution in [2.24, 2.45) is 0 Å². The van der Waals surface area contributed by atoms with Gasteiger partial charge in [-0.25, -0.2) is 4.98 Å². The van der Waals surface area contributed by atoms with Gasteiger partial charge in [0.25, 0.3) is 0 Å². The van der Waals surface area contributed by atoms with E-state index in [1.54, 1.807) is 13.3 Å². The highest BCUT2D eigenvalue weighted by Gasteiger charge is 2.32. The van der Waals surface area contributed by atoms with Crippen LogP contribution in [0.15, 0.2) is 18.3 Å². The zero-order valence-electron chi connectivity index (χ0n) is 12.0. The summed E-state index contributed by atoms with van der Waals surface area (Å²) >= 11 is 0. The van der Waals surface area contributed by atoms with Crippen molar-refractivity contribution < 1.29 is 17.9 Å². The first-order valence-electron chi connectivity index (χ1n) is 6.97. The van der Waals surface area contributed by atoms with Crippen LogP contribution in [0.1, 0.15) is 18.4 Å². The highest BCUT2D eigenvalue weighted by atomic mass is 19.4. The lowest BCUT2D eigenvalue weighted by molar-refractivity contribution is -0.148. The lowest BCUT2D eigenvalue weighted by atomic mass is 10.0. The summed E-state index contributed by atoms with van der Waals surface area (Å²) in [6.07, 6.45) is -0.952. The van der Waals surface area contributed by atoms with Crippen LogP contribution in [-0.2, 0) is 6.54 Å². The lowest BCUT2D eigenvalue weighted by Crippen LogP contribution is -2.45. The van der Waals surface area contributed by atoms with Crippen molar-refractivity contribution >= 4 is 0 Å². The fraction of sp³-hybridized carbons (Fsp3) is 0.643. The average molecular weight is 303 g/mol. The van der Waals surface area contributed by atoms with Crippen LogP contribution in [0, 0.1) is 0 Å². The van der Waals surface area contributed by atoms with E-state index >= 15 is 0 Å². The standard InChI is InChI=1S/C14H20F3N3O/c1-21-13-8-11(2-5-18-13)9-19-12-3-6-20(7-4-12)10-14(15,16)17/h2,5,8,12,19H,3-4,6-7,9-10H2,1H3. The molecule has 0 atom stereocenters. The molecule has 2 heterocycles. The first-order valence-corrected chi connectivity index (χ1v) is 6.97. The number of nitrogens with one attached hydrogen (secondary N) is 1. The highest BCUT2D eigenvalue weighted by molar-refractivity contribution is 5.20.